The zero-order valence-electron chi connectivity index (χ0n) is 37.5. The Morgan fingerprint density at radius 3 is 1.24 bits per heavy atom. The fraction of sp³-hybridized carbons (Fsp3) is 0.0667. The number of ether oxygens (including phenoxy) is 1. The van der Waals surface area contributed by atoms with Crippen LogP contribution in [-0.4, -0.2) is 33.8 Å². The molecule has 2 aromatic heterocycles. The molecule has 11 aromatic rings. The summed E-state index contributed by atoms with van der Waals surface area (Å²) < 4.78 is 11.1. The highest BCUT2D eigenvalue weighted by atomic mass is 16.6. The van der Waals surface area contributed by atoms with Crippen molar-refractivity contribution >= 4 is 84.2 Å². The van der Waals surface area contributed by atoms with Gasteiger partial charge in [-0.25, -0.2) is 0 Å². The number of benzene rings is 9. The molecule has 9 aromatic carbocycles. The molecule has 68 heavy (non-hydrogen) atoms. The molecule has 0 aliphatic rings. The highest BCUT2D eigenvalue weighted by Gasteiger charge is 2.17. The summed E-state index contributed by atoms with van der Waals surface area (Å²) in [5, 5.41) is 16.0. The fourth-order valence-electron chi connectivity index (χ4n) is 9.48. The van der Waals surface area contributed by atoms with Gasteiger partial charge in [0.1, 0.15) is 12.4 Å². The highest BCUT2D eigenvalue weighted by Crippen LogP contribution is 2.39. The molecule has 0 bridgehead atoms. The van der Waals surface area contributed by atoms with E-state index < -0.39 is 0 Å². The number of nitro groups is 1. The van der Waals surface area contributed by atoms with Gasteiger partial charge in [-0.05, 0) is 139 Å². The number of likely N-dealkylation sites (N-methyl/N-ethyl adjacent to an activating group) is 1. The lowest BCUT2D eigenvalue weighted by Crippen LogP contribution is -2.28. The summed E-state index contributed by atoms with van der Waals surface area (Å²) in [4.78, 5) is 15.2. The molecule has 2 heterocycles. The van der Waals surface area contributed by atoms with Gasteiger partial charge in [-0.3, -0.25) is 10.1 Å². The zero-order chi connectivity index (χ0) is 46.0. The number of aromatic nitrogens is 2. The smallest absolute Gasteiger partial charge is 0.269 e. The first-order valence-electron chi connectivity index (χ1n) is 23.0. The van der Waals surface area contributed by atoms with Crippen molar-refractivity contribution in [1.82, 2.24) is 9.13 Å². The van der Waals surface area contributed by atoms with Crippen LogP contribution in [0.5, 0.6) is 5.75 Å². The molecule has 0 aliphatic heterocycles. The first-order chi connectivity index (χ1) is 33.5. The van der Waals surface area contributed by atoms with Gasteiger partial charge in [0, 0.05) is 74.3 Å². The van der Waals surface area contributed by atoms with Gasteiger partial charge in [0.25, 0.3) is 5.69 Å². The second kappa shape index (κ2) is 18.2. The lowest BCUT2D eigenvalue weighted by molar-refractivity contribution is -0.384. The number of nitrogens with zero attached hydrogens (tertiary/aromatic N) is 5. The van der Waals surface area contributed by atoms with Crippen LogP contribution in [0.15, 0.2) is 218 Å². The second-order valence-corrected chi connectivity index (χ2v) is 16.8. The summed E-state index contributed by atoms with van der Waals surface area (Å²) >= 11 is 0. The van der Waals surface area contributed by atoms with E-state index in [1.807, 2.05) is 12.2 Å². The van der Waals surface area contributed by atoms with Crippen LogP contribution in [0.1, 0.15) is 18.1 Å². The molecule has 330 valence electrons. The van der Waals surface area contributed by atoms with E-state index in [1.54, 1.807) is 12.1 Å². The van der Waals surface area contributed by atoms with Gasteiger partial charge in [0.15, 0.2) is 0 Å². The van der Waals surface area contributed by atoms with E-state index in [4.69, 9.17) is 4.74 Å². The Bertz CT molecular complexity index is 3330. The molecule has 0 unspecified atom stereocenters. The Kier molecular flexibility index (Phi) is 11.2. The quantitative estimate of drug-likeness (QED) is 0.0618. The Hall–Kier alpha value is -8.88. The molecular weight excluding hydrogens is 839 g/mol. The zero-order valence-corrected chi connectivity index (χ0v) is 37.5. The third kappa shape index (κ3) is 7.98. The van der Waals surface area contributed by atoms with Gasteiger partial charge < -0.3 is 23.7 Å². The molecule has 0 radical (unpaired) electrons. The molecular formula is C60H47N5O3. The molecule has 11 rings (SSSR count). The van der Waals surface area contributed by atoms with Crippen molar-refractivity contribution in [1.29, 1.82) is 0 Å². The summed E-state index contributed by atoms with van der Waals surface area (Å²) in [5.41, 5.74) is 13.2. The van der Waals surface area contributed by atoms with E-state index in [2.05, 4.69) is 220 Å². The SMILES string of the molecule is CCN(CCOc1ccc(N(c2ccc(-n3c4ccccc4c4ccccc43)cc2)c2ccc(-n3c4ccccc4c4ccccc43)cc2)cc1)c1ccc(/C=C/c2ccc([N+](=O)[O-])cc2)cc1. The van der Waals surface area contributed by atoms with E-state index in [0.29, 0.717) is 6.61 Å². The molecule has 0 spiro atoms. The van der Waals surface area contributed by atoms with Crippen molar-refractivity contribution in [3.8, 4) is 17.1 Å². The van der Waals surface area contributed by atoms with E-state index in [9.17, 15) is 10.1 Å². The van der Waals surface area contributed by atoms with Gasteiger partial charge in [-0.2, -0.15) is 0 Å². The molecule has 0 amide bonds. The van der Waals surface area contributed by atoms with Gasteiger partial charge in [-0.15, -0.1) is 0 Å². The Morgan fingerprint density at radius 1 is 0.471 bits per heavy atom. The van der Waals surface area contributed by atoms with Gasteiger partial charge in [0.05, 0.1) is 33.5 Å². The molecule has 8 heteroatoms. The van der Waals surface area contributed by atoms with E-state index >= 15 is 0 Å². The number of para-hydroxylation sites is 4. The van der Waals surface area contributed by atoms with Crippen LogP contribution >= 0.6 is 0 Å². The number of hydrogen-bond donors (Lipinski definition) is 0. The topological polar surface area (TPSA) is 68.7 Å². The molecule has 0 saturated carbocycles. The first kappa shape index (κ1) is 41.8. The van der Waals surface area contributed by atoms with Crippen LogP contribution in [0.25, 0.3) is 67.1 Å². The number of rotatable bonds is 14. The number of fused-ring (bicyclic) bond motifs is 6. The van der Waals surface area contributed by atoms with Crippen molar-refractivity contribution < 1.29 is 9.66 Å². The first-order valence-corrected chi connectivity index (χ1v) is 23.0. The van der Waals surface area contributed by atoms with Crippen molar-refractivity contribution in [2.75, 3.05) is 29.5 Å². The largest absolute Gasteiger partial charge is 0.492 e. The van der Waals surface area contributed by atoms with Gasteiger partial charge >= 0.3 is 0 Å². The summed E-state index contributed by atoms with van der Waals surface area (Å²) in [7, 11) is 0. The van der Waals surface area contributed by atoms with Gasteiger partial charge in [0.2, 0.25) is 0 Å². The molecule has 0 aliphatic carbocycles. The Balaban J connectivity index is 0.851. The summed E-state index contributed by atoms with van der Waals surface area (Å²) in [6.07, 6.45) is 3.97. The lowest BCUT2D eigenvalue weighted by Gasteiger charge is -2.26. The number of anilines is 4. The maximum atomic E-state index is 11.0. The van der Waals surface area contributed by atoms with E-state index in [0.717, 1.165) is 64.1 Å². The van der Waals surface area contributed by atoms with Crippen molar-refractivity contribution in [2.45, 2.75) is 6.92 Å². The van der Waals surface area contributed by atoms with Crippen LogP contribution in [0.3, 0.4) is 0 Å². The minimum atomic E-state index is -0.385. The minimum absolute atomic E-state index is 0.0853. The number of non-ortho nitro benzene ring substituents is 1. The fourth-order valence-corrected chi connectivity index (χ4v) is 9.48. The molecule has 0 N–H and O–H groups in total. The highest BCUT2D eigenvalue weighted by molar-refractivity contribution is 6.10. The summed E-state index contributed by atoms with van der Waals surface area (Å²) in [5.74, 6) is 0.805. The van der Waals surface area contributed by atoms with Gasteiger partial charge in [-0.1, -0.05) is 97.1 Å². The molecule has 0 saturated heterocycles. The van der Waals surface area contributed by atoms with E-state index in [1.165, 1.54) is 55.7 Å². The van der Waals surface area contributed by atoms with Crippen LogP contribution in [0.2, 0.25) is 0 Å². The average Bonchev–Trinajstić information content (AvgIpc) is 3.91. The predicted octanol–water partition coefficient (Wildman–Crippen LogP) is 15.3. The van der Waals surface area contributed by atoms with Crippen LogP contribution in [-0.2, 0) is 0 Å². The number of hydrogen-bond acceptors (Lipinski definition) is 5. The van der Waals surface area contributed by atoms with Crippen molar-refractivity contribution in [2.24, 2.45) is 0 Å². The molecule has 0 fully saturated rings. The van der Waals surface area contributed by atoms with Crippen molar-refractivity contribution in [3.63, 3.8) is 0 Å². The Labute approximate surface area is 394 Å². The minimum Gasteiger partial charge on any atom is -0.492 e. The third-order valence-corrected chi connectivity index (χ3v) is 12.8. The maximum Gasteiger partial charge on any atom is 0.269 e. The molecule has 0 atom stereocenters. The van der Waals surface area contributed by atoms with Crippen LogP contribution < -0.4 is 14.5 Å². The monoisotopic (exact) mass is 885 g/mol. The van der Waals surface area contributed by atoms with Crippen molar-refractivity contribution in [3.05, 3.63) is 240 Å². The standard InChI is InChI=1S/C60H47N5O3/c1-2-61(45-25-21-43(22-26-45)19-20-44-23-27-51(28-24-44)65(66)67)41-42-68-52-39-37-48(38-40-52)62(46-29-33-49(34-30-46)63-57-15-7-3-11-53(57)54-12-4-8-16-58(54)63)47-31-35-50(36-32-47)64-59-17-9-5-13-55(59)56-14-6-10-18-60(56)64/h3-40H,2,41-42H2,1H3/b20-19+. The average molecular weight is 886 g/mol. The summed E-state index contributed by atoms with van der Waals surface area (Å²) in [6, 6.07) is 75.5. The van der Waals surface area contributed by atoms with Crippen LogP contribution in [0, 0.1) is 10.1 Å². The van der Waals surface area contributed by atoms with Crippen LogP contribution in [0.4, 0.5) is 28.4 Å². The Morgan fingerprint density at radius 2 is 0.838 bits per heavy atom. The second-order valence-electron chi connectivity index (χ2n) is 16.8. The number of nitro benzene ring substituents is 1. The lowest BCUT2D eigenvalue weighted by atomic mass is 10.1. The third-order valence-electron chi connectivity index (χ3n) is 12.8. The normalized spacial score (nSPS) is 11.5. The predicted molar refractivity (Wildman–Crippen MR) is 282 cm³/mol. The van der Waals surface area contributed by atoms with E-state index in [-0.39, 0.29) is 10.6 Å². The summed E-state index contributed by atoms with van der Waals surface area (Å²) in [6.45, 7) is 4.23. The maximum absolute atomic E-state index is 11.0. The molecule has 8 nitrogen and oxygen atoms in total.